The van der Waals surface area contributed by atoms with Crippen LogP contribution in [-0.2, 0) is 24.2 Å². The number of aromatic nitrogens is 1. The lowest BCUT2D eigenvalue weighted by molar-refractivity contribution is 0.0240. The summed E-state index contributed by atoms with van der Waals surface area (Å²) in [6, 6.07) is 13.3. The van der Waals surface area contributed by atoms with Gasteiger partial charge in [0, 0.05) is 57.4 Å². The molecule has 1 aromatic heterocycles. The van der Waals surface area contributed by atoms with Crippen LogP contribution in [-0.4, -0.2) is 90.3 Å². The molecule has 9 nitrogen and oxygen atoms in total. The number of anilines is 1. The molecule has 1 amide bonds. The van der Waals surface area contributed by atoms with E-state index in [1.54, 1.807) is 4.90 Å². The summed E-state index contributed by atoms with van der Waals surface area (Å²) in [5.41, 5.74) is 4.32. The quantitative estimate of drug-likeness (QED) is 0.537. The summed E-state index contributed by atoms with van der Waals surface area (Å²) < 4.78 is 11.9. The molecule has 0 aliphatic carbocycles. The van der Waals surface area contributed by atoms with Gasteiger partial charge in [0.15, 0.2) is 0 Å². The molecule has 2 saturated heterocycles. The molecular weight excluding hydrogens is 504 g/mol. The fourth-order valence-corrected chi connectivity index (χ4v) is 5.92. The fourth-order valence-electron chi connectivity index (χ4n) is 5.92. The standard InChI is InChI=1S/C31H42N6O3/c1-31(2,3)40-30(38)37-17-15-36(16-18-37)28-25-12-14-35(20-23-9-6-5-7-10-23)21-27(25)33-29(26(28)19-32)39-22-24-11-8-13-34(24)4/h5-7,9-10,24H,8,11-18,20-22H2,1-4H3. The number of carbonyl (C=O) groups excluding carboxylic acids is 1. The highest BCUT2D eigenvalue weighted by Gasteiger charge is 2.33. The van der Waals surface area contributed by atoms with E-state index in [2.05, 4.69) is 52.1 Å². The van der Waals surface area contributed by atoms with Gasteiger partial charge in [0.25, 0.3) is 0 Å². The first-order valence-electron chi connectivity index (χ1n) is 14.5. The minimum atomic E-state index is -0.530. The number of ether oxygens (including phenoxy) is 2. The van der Waals surface area contributed by atoms with Crippen LogP contribution in [0.1, 0.15) is 56.0 Å². The van der Waals surface area contributed by atoms with Gasteiger partial charge < -0.3 is 24.2 Å². The Kier molecular flexibility index (Phi) is 8.48. The normalized spacial score (nSPS) is 20.2. The molecule has 2 fully saturated rings. The molecule has 3 aliphatic rings. The zero-order valence-electron chi connectivity index (χ0n) is 24.4. The van der Waals surface area contributed by atoms with Crippen LogP contribution in [0, 0.1) is 11.3 Å². The third-order valence-corrected chi connectivity index (χ3v) is 8.07. The zero-order valence-corrected chi connectivity index (χ0v) is 24.4. The number of likely N-dealkylation sites (N-methyl/N-ethyl adjacent to an activating group) is 1. The van der Waals surface area contributed by atoms with Gasteiger partial charge in [-0.15, -0.1) is 0 Å². The van der Waals surface area contributed by atoms with Crippen LogP contribution >= 0.6 is 0 Å². The summed E-state index contributed by atoms with van der Waals surface area (Å²) in [6.07, 6.45) is 2.78. The molecule has 0 N–H and O–H groups in total. The molecule has 0 spiro atoms. The Bertz CT molecular complexity index is 1230. The van der Waals surface area contributed by atoms with E-state index in [1.165, 1.54) is 5.56 Å². The Morgan fingerprint density at radius 3 is 2.50 bits per heavy atom. The van der Waals surface area contributed by atoms with Crippen LogP contribution in [0.25, 0.3) is 0 Å². The Labute approximate surface area is 238 Å². The maximum atomic E-state index is 12.7. The van der Waals surface area contributed by atoms with Crippen LogP contribution in [0.15, 0.2) is 30.3 Å². The number of likely N-dealkylation sites (tertiary alicyclic amines) is 1. The Morgan fingerprint density at radius 2 is 1.85 bits per heavy atom. The molecule has 3 aliphatic heterocycles. The van der Waals surface area contributed by atoms with E-state index in [4.69, 9.17) is 14.5 Å². The highest BCUT2D eigenvalue weighted by molar-refractivity contribution is 5.71. The highest BCUT2D eigenvalue weighted by atomic mass is 16.6. The van der Waals surface area contributed by atoms with Gasteiger partial charge in [-0.05, 0) is 59.2 Å². The van der Waals surface area contributed by atoms with Crippen LogP contribution in [0.4, 0.5) is 10.5 Å². The first-order chi connectivity index (χ1) is 19.2. The van der Waals surface area contributed by atoms with Gasteiger partial charge in [-0.2, -0.15) is 5.26 Å². The molecule has 2 aromatic rings. The van der Waals surface area contributed by atoms with E-state index in [-0.39, 0.29) is 6.09 Å². The topological polar surface area (TPSA) is 85.2 Å². The number of nitriles is 1. The SMILES string of the molecule is CN1CCCC1COc1nc2c(c(N3CCN(C(=O)OC(C)(C)C)CC3)c1C#N)CCN(Cc1ccccc1)C2. The van der Waals surface area contributed by atoms with Crippen molar-refractivity contribution in [2.75, 3.05) is 57.8 Å². The van der Waals surface area contributed by atoms with Gasteiger partial charge in [0.1, 0.15) is 23.8 Å². The van der Waals surface area contributed by atoms with Crippen LogP contribution in [0.3, 0.4) is 0 Å². The summed E-state index contributed by atoms with van der Waals surface area (Å²) in [5, 5.41) is 10.4. The summed E-state index contributed by atoms with van der Waals surface area (Å²) in [7, 11) is 2.13. The second kappa shape index (κ2) is 12.0. The van der Waals surface area contributed by atoms with Gasteiger partial charge in [-0.1, -0.05) is 30.3 Å². The maximum Gasteiger partial charge on any atom is 0.410 e. The molecule has 1 aromatic carbocycles. The number of rotatable bonds is 6. The lowest BCUT2D eigenvalue weighted by atomic mass is 9.98. The summed E-state index contributed by atoms with van der Waals surface area (Å²) in [6.45, 7) is 12.0. The number of amides is 1. The van der Waals surface area contributed by atoms with Crippen LogP contribution in [0.2, 0.25) is 0 Å². The van der Waals surface area contributed by atoms with Gasteiger partial charge >= 0.3 is 6.09 Å². The molecule has 0 saturated carbocycles. The number of piperazine rings is 1. The second-order valence-electron chi connectivity index (χ2n) is 12.2. The molecule has 0 radical (unpaired) electrons. The first-order valence-corrected chi connectivity index (χ1v) is 14.5. The van der Waals surface area contributed by atoms with Crippen molar-refractivity contribution in [1.29, 1.82) is 5.26 Å². The maximum absolute atomic E-state index is 12.7. The Balaban J connectivity index is 1.40. The third kappa shape index (κ3) is 6.51. The van der Waals surface area contributed by atoms with Gasteiger partial charge in [-0.3, -0.25) is 4.90 Å². The van der Waals surface area contributed by atoms with Crippen molar-refractivity contribution < 1.29 is 14.3 Å². The Hall–Kier alpha value is -3.35. The molecule has 214 valence electrons. The van der Waals surface area contributed by atoms with Gasteiger partial charge in [0.2, 0.25) is 5.88 Å². The molecule has 4 heterocycles. The van der Waals surface area contributed by atoms with Crippen LogP contribution < -0.4 is 9.64 Å². The lowest BCUT2D eigenvalue weighted by Crippen LogP contribution is -2.50. The number of fused-ring (bicyclic) bond motifs is 1. The average Bonchev–Trinajstić information content (AvgIpc) is 3.35. The van der Waals surface area contributed by atoms with Crippen molar-refractivity contribution in [3.05, 3.63) is 52.7 Å². The van der Waals surface area contributed by atoms with Crippen molar-refractivity contribution in [2.45, 2.75) is 64.8 Å². The third-order valence-electron chi connectivity index (χ3n) is 8.07. The van der Waals surface area contributed by atoms with Crippen molar-refractivity contribution in [3.8, 4) is 11.9 Å². The minimum Gasteiger partial charge on any atom is -0.475 e. The van der Waals surface area contributed by atoms with E-state index in [0.717, 1.165) is 55.8 Å². The predicted octanol–water partition coefficient (Wildman–Crippen LogP) is 4.04. The zero-order chi connectivity index (χ0) is 28.3. The number of hydrogen-bond donors (Lipinski definition) is 0. The number of benzene rings is 1. The van der Waals surface area contributed by atoms with Gasteiger partial charge in [-0.25, -0.2) is 9.78 Å². The number of carbonyl (C=O) groups is 1. The molecule has 1 atom stereocenters. The van der Waals surface area contributed by atoms with Crippen molar-refractivity contribution in [3.63, 3.8) is 0 Å². The average molecular weight is 547 g/mol. The molecule has 5 rings (SSSR count). The van der Waals surface area contributed by atoms with Crippen LogP contribution in [0.5, 0.6) is 5.88 Å². The monoisotopic (exact) mass is 546 g/mol. The van der Waals surface area contributed by atoms with Crippen molar-refractivity contribution in [2.24, 2.45) is 0 Å². The fraction of sp³-hybridized carbons (Fsp3) is 0.581. The largest absolute Gasteiger partial charge is 0.475 e. The molecule has 0 bridgehead atoms. The summed E-state index contributed by atoms with van der Waals surface area (Å²) in [4.78, 5) is 26.4. The predicted molar refractivity (Wildman–Crippen MR) is 154 cm³/mol. The molecule has 9 heteroatoms. The molecule has 1 unspecified atom stereocenters. The first kappa shape index (κ1) is 28.2. The van der Waals surface area contributed by atoms with E-state index >= 15 is 0 Å². The molecule has 40 heavy (non-hydrogen) atoms. The molecular formula is C31H42N6O3. The summed E-state index contributed by atoms with van der Waals surface area (Å²) >= 11 is 0. The summed E-state index contributed by atoms with van der Waals surface area (Å²) in [5.74, 6) is 0.438. The van der Waals surface area contributed by atoms with E-state index < -0.39 is 5.60 Å². The van der Waals surface area contributed by atoms with E-state index in [1.807, 2.05) is 26.8 Å². The minimum absolute atomic E-state index is 0.286. The smallest absolute Gasteiger partial charge is 0.410 e. The number of pyridine rings is 1. The Morgan fingerprint density at radius 1 is 1.10 bits per heavy atom. The highest BCUT2D eigenvalue weighted by Crippen LogP contribution is 2.37. The number of nitrogens with zero attached hydrogens (tertiary/aromatic N) is 6. The van der Waals surface area contributed by atoms with E-state index in [0.29, 0.717) is 56.8 Å². The van der Waals surface area contributed by atoms with Crippen molar-refractivity contribution >= 4 is 11.8 Å². The van der Waals surface area contributed by atoms with Gasteiger partial charge in [0.05, 0.1) is 11.4 Å². The lowest BCUT2D eigenvalue weighted by Gasteiger charge is -2.39. The van der Waals surface area contributed by atoms with E-state index in [9.17, 15) is 10.1 Å². The van der Waals surface area contributed by atoms with Crippen molar-refractivity contribution in [1.82, 2.24) is 19.7 Å². The second-order valence-corrected chi connectivity index (χ2v) is 12.2. The number of hydrogen-bond acceptors (Lipinski definition) is 8.